The number of anilines is 2. The molecule has 21 heavy (non-hydrogen) atoms. The summed E-state index contributed by atoms with van der Waals surface area (Å²) in [4.78, 5) is 11.9. The number of halogens is 1. The van der Waals surface area contributed by atoms with E-state index < -0.39 is 5.82 Å². The Hall–Kier alpha value is -1.62. The van der Waals surface area contributed by atoms with Crippen molar-refractivity contribution in [3.63, 3.8) is 0 Å². The van der Waals surface area contributed by atoms with Crippen LogP contribution in [0.3, 0.4) is 0 Å². The predicted octanol–water partition coefficient (Wildman–Crippen LogP) is 3.19. The second-order valence-corrected chi connectivity index (χ2v) is 5.98. The average Bonchev–Trinajstić information content (AvgIpc) is 2.44. The van der Waals surface area contributed by atoms with Crippen LogP contribution in [0.1, 0.15) is 33.1 Å². The number of nitrogens with one attached hydrogen (secondary N) is 1. The number of carbonyl (C=O) groups excluding carboxylic acids is 1. The maximum Gasteiger partial charge on any atom is 0.250 e. The number of ether oxygens (including phenoxy) is 1. The molecule has 1 aliphatic rings. The smallest absolute Gasteiger partial charge is 0.250 e. The molecule has 1 amide bonds. The van der Waals surface area contributed by atoms with Gasteiger partial charge in [0.15, 0.2) is 0 Å². The highest BCUT2D eigenvalue weighted by molar-refractivity contribution is 5.94. The molecule has 3 atom stereocenters. The summed E-state index contributed by atoms with van der Waals surface area (Å²) < 4.78 is 18.8. The first-order chi connectivity index (χ1) is 9.95. The van der Waals surface area contributed by atoms with Crippen molar-refractivity contribution in [2.24, 2.45) is 11.8 Å². The van der Waals surface area contributed by atoms with E-state index in [0.29, 0.717) is 17.5 Å². The van der Waals surface area contributed by atoms with Gasteiger partial charge in [-0.15, -0.1) is 0 Å². The molecule has 0 bridgehead atoms. The lowest BCUT2D eigenvalue weighted by molar-refractivity contribution is -0.123. The zero-order chi connectivity index (χ0) is 15.4. The Morgan fingerprint density at radius 1 is 1.38 bits per heavy atom. The monoisotopic (exact) mass is 294 g/mol. The Labute approximate surface area is 124 Å². The standard InChI is InChI=1S/C16H23FN2O2/c1-10-3-5-13(7-11(10)2)21-9-16(20)19-15-8-12(17)4-6-14(15)18/h4,6,8,10-11,13H,3,5,7,9,18H2,1-2H3,(H,19,20). The van der Waals surface area contributed by atoms with Crippen LogP contribution in [0, 0.1) is 17.7 Å². The van der Waals surface area contributed by atoms with Gasteiger partial charge in [0.25, 0.3) is 0 Å². The minimum Gasteiger partial charge on any atom is -0.397 e. The van der Waals surface area contributed by atoms with Crippen LogP contribution < -0.4 is 11.1 Å². The maximum absolute atomic E-state index is 13.1. The number of hydrogen-bond donors (Lipinski definition) is 2. The van der Waals surface area contributed by atoms with E-state index in [-0.39, 0.29) is 24.3 Å². The largest absolute Gasteiger partial charge is 0.397 e. The minimum absolute atomic E-state index is 0.0261. The summed E-state index contributed by atoms with van der Waals surface area (Å²) >= 11 is 0. The summed E-state index contributed by atoms with van der Waals surface area (Å²) in [5.74, 6) is 0.588. The summed E-state index contributed by atoms with van der Waals surface area (Å²) in [6.45, 7) is 4.44. The van der Waals surface area contributed by atoms with Gasteiger partial charge >= 0.3 is 0 Å². The molecule has 5 heteroatoms. The highest BCUT2D eigenvalue weighted by atomic mass is 19.1. The third kappa shape index (κ3) is 4.43. The maximum atomic E-state index is 13.1. The van der Waals surface area contributed by atoms with E-state index in [0.717, 1.165) is 19.3 Å². The van der Waals surface area contributed by atoms with Gasteiger partial charge in [-0.25, -0.2) is 4.39 Å². The van der Waals surface area contributed by atoms with Crippen molar-refractivity contribution in [3.05, 3.63) is 24.0 Å². The highest BCUT2D eigenvalue weighted by Gasteiger charge is 2.25. The zero-order valence-electron chi connectivity index (χ0n) is 12.6. The number of hydrogen-bond acceptors (Lipinski definition) is 3. The van der Waals surface area contributed by atoms with E-state index >= 15 is 0 Å². The number of nitrogens with two attached hydrogens (primary N) is 1. The Balaban J connectivity index is 1.81. The Kier molecular flexibility index (Phi) is 5.17. The van der Waals surface area contributed by atoms with Gasteiger partial charge in [0.05, 0.1) is 17.5 Å². The van der Waals surface area contributed by atoms with Gasteiger partial charge < -0.3 is 15.8 Å². The lowest BCUT2D eigenvalue weighted by atomic mass is 9.80. The molecule has 1 aromatic carbocycles. The van der Waals surface area contributed by atoms with Crippen molar-refractivity contribution in [2.75, 3.05) is 17.7 Å². The topological polar surface area (TPSA) is 64.3 Å². The molecule has 116 valence electrons. The molecular weight excluding hydrogens is 271 g/mol. The quantitative estimate of drug-likeness (QED) is 0.838. The minimum atomic E-state index is -0.435. The van der Waals surface area contributed by atoms with Crippen molar-refractivity contribution in [1.82, 2.24) is 0 Å². The summed E-state index contributed by atoms with van der Waals surface area (Å²) in [6.07, 6.45) is 3.23. The molecule has 0 heterocycles. The van der Waals surface area contributed by atoms with Crippen LogP contribution in [0.2, 0.25) is 0 Å². The summed E-state index contributed by atoms with van der Waals surface area (Å²) in [5.41, 5.74) is 6.31. The number of nitrogen functional groups attached to an aromatic ring is 1. The second kappa shape index (κ2) is 6.89. The highest BCUT2D eigenvalue weighted by Crippen LogP contribution is 2.30. The van der Waals surface area contributed by atoms with Crippen LogP contribution in [-0.2, 0) is 9.53 Å². The fraction of sp³-hybridized carbons (Fsp3) is 0.562. The van der Waals surface area contributed by atoms with Crippen LogP contribution in [0.15, 0.2) is 18.2 Å². The molecule has 1 fully saturated rings. The molecule has 2 rings (SSSR count). The van der Waals surface area contributed by atoms with Gasteiger partial charge in [-0.05, 0) is 49.3 Å². The van der Waals surface area contributed by atoms with E-state index in [1.54, 1.807) is 0 Å². The Morgan fingerprint density at radius 3 is 2.86 bits per heavy atom. The van der Waals surface area contributed by atoms with Crippen molar-refractivity contribution in [1.29, 1.82) is 0 Å². The molecular formula is C16H23FN2O2. The SMILES string of the molecule is CC1CCC(OCC(=O)Nc2cc(F)ccc2N)CC1C. The molecule has 0 aliphatic heterocycles. The van der Waals surface area contributed by atoms with Crippen LogP contribution in [0.5, 0.6) is 0 Å². The molecule has 0 aromatic heterocycles. The van der Waals surface area contributed by atoms with E-state index in [1.807, 2.05) is 0 Å². The third-order valence-electron chi connectivity index (χ3n) is 4.29. The van der Waals surface area contributed by atoms with Crippen LogP contribution >= 0.6 is 0 Å². The predicted molar refractivity (Wildman–Crippen MR) is 81.4 cm³/mol. The van der Waals surface area contributed by atoms with Gasteiger partial charge in [0.1, 0.15) is 12.4 Å². The van der Waals surface area contributed by atoms with Crippen LogP contribution in [0.4, 0.5) is 15.8 Å². The first-order valence-electron chi connectivity index (χ1n) is 7.42. The van der Waals surface area contributed by atoms with E-state index in [1.165, 1.54) is 18.2 Å². The molecule has 0 radical (unpaired) electrons. The first-order valence-corrected chi connectivity index (χ1v) is 7.42. The van der Waals surface area contributed by atoms with Crippen molar-refractivity contribution in [3.8, 4) is 0 Å². The first kappa shape index (κ1) is 15.8. The fourth-order valence-electron chi connectivity index (χ4n) is 2.67. The average molecular weight is 294 g/mol. The number of rotatable bonds is 4. The van der Waals surface area contributed by atoms with Crippen LogP contribution in [0.25, 0.3) is 0 Å². The summed E-state index contributed by atoms with van der Waals surface area (Å²) in [5, 5.41) is 2.58. The van der Waals surface area contributed by atoms with Gasteiger partial charge in [-0.1, -0.05) is 13.8 Å². The molecule has 3 N–H and O–H groups in total. The van der Waals surface area contributed by atoms with Crippen molar-refractivity contribution in [2.45, 2.75) is 39.2 Å². The normalized spacial score (nSPS) is 25.6. The molecule has 3 unspecified atom stereocenters. The molecule has 1 aromatic rings. The van der Waals surface area contributed by atoms with E-state index in [2.05, 4.69) is 19.2 Å². The van der Waals surface area contributed by atoms with E-state index in [4.69, 9.17) is 10.5 Å². The lowest BCUT2D eigenvalue weighted by Crippen LogP contribution is -2.30. The van der Waals surface area contributed by atoms with E-state index in [9.17, 15) is 9.18 Å². The molecule has 0 saturated heterocycles. The summed E-state index contributed by atoms with van der Waals surface area (Å²) in [6, 6.07) is 3.89. The lowest BCUT2D eigenvalue weighted by Gasteiger charge is -2.31. The van der Waals surface area contributed by atoms with Crippen LogP contribution in [-0.4, -0.2) is 18.6 Å². The number of amides is 1. The molecule has 1 aliphatic carbocycles. The fourth-order valence-corrected chi connectivity index (χ4v) is 2.67. The number of carbonyl (C=O) groups is 1. The Bertz CT molecular complexity index is 507. The van der Waals surface area contributed by atoms with Gasteiger partial charge in [-0.2, -0.15) is 0 Å². The van der Waals surface area contributed by atoms with Crippen molar-refractivity contribution >= 4 is 17.3 Å². The van der Waals surface area contributed by atoms with Crippen molar-refractivity contribution < 1.29 is 13.9 Å². The third-order valence-corrected chi connectivity index (χ3v) is 4.29. The number of benzene rings is 1. The second-order valence-electron chi connectivity index (χ2n) is 5.98. The Morgan fingerprint density at radius 2 is 2.14 bits per heavy atom. The van der Waals surface area contributed by atoms with Gasteiger partial charge in [0, 0.05) is 0 Å². The summed E-state index contributed by atoms with van der Waals surface area (Å²) in [7, 11) is 0. The molecule has 4 nitrogen and oxygen atoms in total. The molecule has 1 saturated carbocycles. The van der Waals surface area contributed by atoms with Gasteiger partial charge in [0.2, 0.25) is 5.91 Å². The zero-order valence-corrected chi connectivity index (χ0v) is 12.6. The molecule has 0 spiro atoms. The van der Waals surface area contributed by atoms with Gasteiger partial charge in [-0.3, -0.25) is 4.79 Å².